The maximum atomic E-state index is 12.2. The van der Waals surface area contributed by atoms with E-state index in [0.717, 1.165) is 5.82 Å². The summed E-state index contributed by atoms with van der Waals surface area (Å²) in [6.45, 7) is 1.64. The van der Waals surface area contributed by atoms with E-state index in [-0.39, 0.29) is 11.6 Å². The highest BCUT2D eigenvalue weighted by molar-refractivity contribution is 7.08. The van der Waals surface area contributed by atoms with Gasteiger partial charge in [-0.05, 0) is 11.4 Å². The second-order valence-corrected chi connectivity index (χ2v) is 4.93. The van der Waals surface area contributed by atoms with Crippen LogP contribution in [-0.4, -0.2) is 38.7 Å². The van der Waals surface area contributed by atoms with E-state index in [4.69, 9.17) is 0 Å². The molecule has 1 aliphatic heterocycles. The smallest absolute Gasteiger partial charge is 0.336 e. The number of H-pyrrole nitrogens is 1. The highest BCUT2D eigenvalue weighted by Crippen LogP contribution is 2.12. The highest BCUT2D eigenvalue weighted by Gasteiger charge is 2.21. The van der Waals surface area contributed by atoms with Crippen LogP contribution >= 0.6 is 11.3 Å². The van der Waals surface area contributed by atoms with Gasteiger partial charge in [-0.15, -0.1) is 0 Å². The molecule has 0 atom stereocenters. The van der Waals surface area contributed by atoms with Crippen molar-refractivity contribution in [1.82, 2.24) is 19.7 Å². The second-order valence-electron chi connectivity index (χ2n) is 4.15. The van der Waals surface area contributed by atoms with Crippen molar-refractivity contribution in [2.45, 2.75) is 13.0 Å². The van der Waals surface area contributed by atoms with Crippen LogP contribution < -0.4 is 5.69 Å². The molecule has 0 saturated heterocycles. The molecule has 0 bridgehead atoms. The quantitative estimate of drug-likeness (QED) is 0.807. The summed E-state index contributed by atoms with van der Waals surface area (Å²) >= 11 is 1.51. The van der Waals surface area contributed by atoms with E-state index in [2.05, 4.69) is 10.2 Å². The molecule has 0 aromatic carbocycles. The van der Waals surface area contributed by atoms with Crippen LogP contribution in [0.3, 0.4) is 0 Å². The maximum Gasteiger partial charge on any atom is 0.343 e. The largest absolute Gasteiger partial charge is 0.343 e. The van der Waals surface area contributed by atoms with Gasteiger partial charge in [-0.1, -0.05) is 0 Å². The zero-order valence-corrected chi connectivity index (χ0v) is 10.4. The summed E-state index contributed by atoms with van der Waals surface area (Å²) in [5, 5.41) is 10.1. The predicted octanol–water partition coefficient (Wildman–Crippen LogP) is 0.331. The number of carbonyl (C=O) groups excluding carboxylic acids is 1. The Morgan fingerprint density at radius 1 is 1.39 bits per heavy atom. The molecule has 0 fully saturated rings. The number of aromatic amines is 1. The molecular formula is C11H12N4O2S. The third kappa shape index (κ3) is 1.86. The fraction of sp³-hybridized carbons (Fsp3) is 0.364. The van der Waals surface area contributed by atoms with Crippen molar-refractivity contribution in [2.24, 2.45) is 0 Å². The Morgan fingerprint density at radius 2 is 2.28 bits per heavy atom. The lowest BCUT2D eigenvalue weighted by atomic mass is 10.3. The normalized spacial score (nSPS) is 15.2. The number of fused-ring (bicyclic) bond motifs is 1. The van der Waals surface area contributed by atoms with E-state index < -0.39 is 0 Å². The predicted molar refractivity (Wildman–Crippen MR) is 66.8 cm³/mol. The second kappa shape index (κ2) is 4.41. The van der Waals surface area contributed by atoms with Gasteiger partial charge < -0.3 is 4.90 Å². The molecule has 18 heavy (non-hydrogen) atoms. The summed E-state index contributed by atoms with van der Waals surface area (Å²) in [5.74, 6) is 0.749. The number of aromatic nitrogens is 3. The first-order chi connectivity index (χ1) is 8.75. The monoisotopic (exact) mass is 264 g/mol. The van der Waals surface area contributed by atoms with Crippen LogP contribution in [0.2, 0.25) is 0 Å². The number of thiophene rings is 1. The van der Waals surface area contributed by atoms with Gasteiger partial charge in [0.25, 0.3) is 5.91 Å². The zero-order valence-electron chi connectivity index (χ0n) is 9.63. The van der Waals surface area contributed by atoms with Gasteiger partial charge in [-0.25, -0.2) is 9.89 Å². The molecule has 0 aliphatic carbocycles. The molecule has 1 aliphatic rings. The first kappa shape index (κ1) is 11.2. The van der Waals surface area contributed by atoms with Gasteiger partial charge in [0.1, 0.15) is 5.82 Å². The van der Waals surface area contributed by atoms with E-state index in [0.29, 0.717) is 31.6 Å². The van der Waals surface area contributed by atoms with Crippen LogP contribution in [0.5, 0.6) is 0 Å². The first-order valence-electron chi connectivity index (χ1n) is 5.71. The summed E-state index contributed by atoms with van der Waals surface area (Å²) in [6.07, 6.45) is 0.606. The number of amides is 1. The lowest BCUT2D eigenvalue weighted by molar-refractivity contribution is 0.0759. The van der Waals surface area contributed by atoms with Gasteiger partial charge in [0.2, 0.25) is 0 Å². The van der Waals surface area contributed by atoms with Crippen molar-refractivity contribution in [3.05, 3.63) is 38.7 Å². The molecule has 2 aromatic heterocycles. The topological polar surface area (TPSA) is 71.0 Å². The Balaban J connectivity index is 1.79. The molecule has 1 N–H and O–H groups in total. The number of carbonyl (C=O) groups is 1. The Morgan fingerprint density at radius 3 is 3.06 bits per heavy atom. The average molecular weight is 264 g/mol. The van der Waals surface area contributed by atoms with Crippen molar-refractivity contribution >= 4 is 17.2 Å². The summed E-state index contributed by atoms with van der Waals surface area (Å²) in [6, 6.07) is 1.82. The number of rotatable bonds is 1. The molecule has 6 nitrogen and oxygen atoms in total. The highest BCUT2D eigenvalue weighted by atomic mass is 32.1. The Bertz CT molecular complexity index is 613. The van der Waals surface area contributed by atoms with E-state index in [1.165, 1.54) is 11.3 Å². The number of nitrogens with one attached hydrogen (secondary N) is 1. The zero-order chi connectivity index (χ0) is 12.5. The first-order valence-corrected chi connectivity index (χ1v) is 6.65. The molecule has 2 aromatic rings. The van der Waals surface area contributed by atoms with E-state index in [9.17, 15) is 9.59 Å². The molecule has 94 valence electrons. The van der Waals surface area contributed by atoms with Crippen LogP contribution in [0.25, 0.3) is 0 Å². The third-order valence-electron chi connectivity index (χ3n) is 3.09. The lowest BCUT2D eigenvalue weighted by Crippen LogP contribution is -2.34. The summed E-state index contributed by atoms with van der Waals surface area (Å²) in [5.41, 5.74) is 0.517. The van der Waals surface area contributed by atoms with Crippen LogP contribution in [0.4, 0.5) is 0 Å². The molecule has 1 amide bonds. The van der Waals surface area contributed by atoms with Gasteiger partial charge in [-0.2, -0.15) is 16.4 Å². The minimum Gasteiger partial charge on any atom is -0.336 e. The number of hydrogen-bond acceptors (Lipinski definition) is 4. The summed E-state index contributed by atoms with van der Waals surface area (Å²) in [7, 11) is 0. The van der Waals surface area contributed by atoms with Crippen molar-refractivity contribution in [3.63, 3.8) is 0 Å². The van der Waals surface area contributed by atoms with Gasteiger partial charge >= 0.3 is 5.69 Å². The number of hydrogen-bond donors (Lipinski definition) is 1. The third-order valence-corrected chi connectivity index (χ3v) is 3.77. The Kier molecular flexibility index (Phi) is 2.75. The summed E-state index contributed by atoms with van der Waals surface area (Å²) < 4.78 is 1.60. The van der Waals surface area contributed by atoms with Crippen LogP contribution in [0.1, 0.15) is 16.2 Å². The van der Waals surface area contributed by atoms with Gasteiger partial charge in [-0.3, -0.25) is 9.36 Å². The molecule has 3 heterocycles. The van der Waals surface area contributed by atoms with E-state index in [1.54, 1.807) is 9.47 Å². The molecule has 0 saturated carbocycles. The number of nitrogens with zero attached hydrogens (tertiary/aromatic N) is 3. The van der Waals surface area contributed by atoms with Crippen LogP contribution in [-0.2, 0) is 13.0 Å². The standard InChI is InChI=1S/C11H12N4O2S/c16-10(8-2-6-18-7-8)14-3-1-9-12-13-11(17)15(9)5-4-14/h2,6-7H,1,3-5H2,(H,13,17). The minimum atomic E-state index is -0.199. The van der Waals surface area contributed by atoms with Crippen LogP contribution in [0, 0.1) is 0 Å². The van der Waals surface area contributed by atoms with E-state index in [1.807, 2.05) is 16.8 Å². The Hall–Kier alpha value is -1.89. The summed E-state index contributed by atoms with van der Waals surface area (Å²) in [4.78, 5) is 25.4. The molecule has 0 spiro atoms. The fourth-order valence-electron chi connectivity index (χ4n) is 2.11. The van der Waals surface area contributed by atoms with Crippen molar-refractivity contribution < 1.29 is 4.79 Å². The Labute approximate surface area is 107 Å². The molecule has 0 radical (unpaired) electrons. The van der Waals surface area contributed by atoms with E-state index >= 15 is 0 Å². The lowest BCUT2D eigenvalue weighted by Gasteiger charge is -2.19. The van der Waals surface area contributed by atoms with Crippen molar-refractivity contribution in [1.29, 1.82) is 0 Å². The minimum absolute atomic E-state index is 0.0263. The molecule has 7 heteroatoms. The van der Waals surface area contributed by atoms with Crippen LogP contribution in [0.15, 0.2) is 21.6 Å². The average Bonchev–Trinajstić information content (AvgIpc) is 2.95. The van der Waals surface area contributed by atoms with Gasteiger partial charge in [0.05, 0.1) is 5.56 Å². The van der Waals surface area contributed by atoms with Gasteiger partial charge in [0.15, 0.2) is 0 Å². The SMILES string of the molecule is O=C(c1ccsc1)N1CCc2n[nH]c(=O)n2CC1. The molecule has 0 unspecified atom stereocenters. The molecular weight excluding hydrogens is 252 g/mol. The maximum absolute atomic E-state index is 12.2. The molecule has 3 rings (SSSR count). The van der Waals surface area contributed by atoms with Gasteiger partial charge in [0, 0.05) is 31.4 Å². The van der Waals surface area contributed by atoms with Crippen molar-refractivity contribution in [2.75, 3.05) is 13.1 Å². The fourth-order valence-corrected chi connectivity index (χ4v) is 2.74. The van der Waals surface area contributed by atoms with Crippen molar-refractivity contribution in [3.8, 4) is 0 Å².